The van der Waals surface area contributed by atoms with Gasteiger partial charge < -0.3 is 10.6 Å². The molecule has 0 atom stereocenters. The van der Waals surface area contributed by atoms with E-state index < -0.39 is 48.4 Å². The summed E-state index contributed by atoms with van der Waals surface area (Å²) < 4.78 is 113. The maximum atomic E-state index is 12.8. The van der Waals surface area contributed by atoms with Crippen molar-refractivity contribution in [3.8, 4) is 0 Å². The van der Waals surface area contributed by atoms with Crippen LogP contribution in [0.1, 0.15) is 16.7 Å². The molecule has 2 aromatic rings. The van der Waals surface area contributed by atoms with E-state index in [1.54, 1.807) is 18.2 Å². The van der Waals surface area contributed by atoms with Crippen molar-refractivity contribution >= 4 is 47.0 Å². The molecule has 0 radical (unpaired) electrons. The summed E-state index contributed by atoms with van der Waals surface area (Å²) in [5.74, 6) is 0. The fourth-order valence-corrected chi connectivity index (χ4v) is 2.96. The first kappa shape index (κ1) is 32.0. The second kappa shape index (κ2) is 13.7. The summed E-state index contributed by atoms with van der Waals surface area (Å²) >= 11 is 7.60. The van der Waals surface area contributed by atoms with Crippen molar-refractivity contribution in [1.29, 1.82) is 0 Å². The summed E-state index contributed by atoms with van der Waals surface area (Å²) in [5, 5.41) is 17.7. The summed E-state index contributed by atoms with van der Waals surface area (Å²) in [6.07, 6.45) is -14.9. The Labute approximate surface area is 227 Å². The van der Waals surface area contributed by atoms with Crippen LogP contribution in [0.2, 0.25) is 0 Å². The Morgan fingerprint density at radius 2 is 0.974 bits per heavy atom. The monoisotopic (exact) mass is 602 g/mol. The fourth-order valence-electron chi connectivity index (χ4n) is 2.72. The second-order valence-corrected chi connectivity index (χ2v) is 8.38. The minimum atomic E-state index is -4.60. The summed E-state index contributed by atoms with van der Waals surface area (Å²) in [7, 11) is 0. The molecule has 0 aliphatic carbocycles. The van der Waals surface area contributed by atoms with E-state index in [4.69, 9.17) is 0 Å². The SMILES string of the molecule is FC(F)(F)CN/C(S)=N/N=C(/C(=N/N=C(\S)NCC(F)(F)F)c1ccc(CC(F)(F)F)cc1)c1ccccc1. The molecule has 0 heterocycles. The molecule has 0 fully saturated rings. The van der Waals surface area contributed by atoms with E-state index in [1.165, 1.54) is 24.3 Å². The molecular formula is C22H19F9N6S2. The minimum absolute atomic E-state index is 0.0963. The third-order valence-corrected chi connectivity index (χ3v) is 4.78. The molecule has 0 bridgehead atoms. The highest BCUT2D eigenvalue weighted by Crippen LogP contribution is 2.22. The Bertz CT molecular complexity index is 1200. The smallest absolute Gasteiger partial charge is 0.354 e. The van der Waals surface area contributed by atoms with E-state index in [0.29, 0.717) is 0 Å². The number of nitrogens with zero attached hydrogens (tertiary/aromatic N) is 4. The molecule has 0 saturated heterocycles. The molecule has 17 heteroatoms. The van der Waals surface area contributed by atoms with E-state index in [2.05, 4.69) is 45.7 Å². The van der Waals surface area contributed by atoms with Gasteiger partial charge in [0, 0.05) is 11.1 Å². The van der Waals surface area contributed by atoms with Crippen molar-refractivity contribution < 1.29 is 39.5 Å². The zero-order valence-corrected chi connectivity index (χ0v) is 21.2. The van der Waals surface area contributed by atoms with Gasteiger partial charge in [0.05, 0.1) is 6.42 Å². The van der Waals surface area contributed by atoms with Crippen molar-refractivity contribution in [2.45, 2.75) is 24.9 Å². The average Bonchev–Trinajstić information content (AvgIpc) is 2.83. The van der Waals surface area contributed by atoms with E-state index in [0.717, 1.165) is 12.1 Å². The molecule has 6 nitrogen and oxygen atoms in total. The van der Waals surface area contributed by atoms with Crippen LogP contribution in [0.25, 0.3) is 0 Å². The zero-order chi connectivity index (χ0) is 29.3. The number of thiol groups is 2. The lowest BCUT2D eigenvalue weighted by molar-refractivity contribution is -0.127. The number of halogens is 9. The van der Waals surface area contributed by atoms with Crippen LogP contribution >= 0.6 is 25.3 Å². The van der Waals surface area contributed by atoms with Crippen LogP contribution in [0.15, 0.2) is 75.0 Å². The molecule has 0 aliphatic rings. The standard InChI is InChI=1S/C22H19F9N6S2/c23-20(24,25)10-13-6-8-15(9-7-13)17(35-37-19(39)33-12-22(29,30)31)16(14-4-2-1-3-5-14)34-36-18(38)32-11-21(26,27)28/h1-9H,10-12H2,(H2,32,36,38)(H2,33,37,39)/b34-16+,35-17+. The lowest BCUT2D eigenvalue weighted by atomic mass is 9.98. The summed E-state index contributed by atoms with van der Waals surface area (Å²) in [6.45, 7) is -2.95. The zero-order valence-electron chi connectivity index (χ0n) is 19.4. The van der Waals surface area contributed by atoms with Gasteiger partial charge in [-0.05, 0) is 5.56 Å². The molecular weight excluding hydrogens is 583 g/mol. The Balaban J connectivity index is 2.60. The largest absolute Gasteiger partial charge is 0.405 e. The normalized spacial score (nSPS) is 14.4. The van der Waals surface area contributed by atoms with Crippen LogP contribution in [0.3, 0.4) is 0 Å². The van der Waals surface area contributed by atoms with Gasteiger partial charge >= 0.3 is 18.5 Å². The number of rotatable bonds is 8. The van der Waals surface area contributed by atoms with Crippen molar-refractivity contribution in [1.82, 2.24) is 10.6 Å². The Kier molecular flexibility index (Phi) is 11.3. The number of alkyl halides is 9. The lowest BCUT2D eigenvalue weighted by Crippen LogP contribution is -2.31. The molecule has 39 heavy (non-hydrogen) atoms. The maximum Gasteiger partial charge on any atom is 0.405 e. The van der Waals surface area contributed by atoms with Crippen LogP contribution in [0.4, 0.5) is 39.5 Å². The van der Waals surface area contributed by atoms with Crippen molar-refractivity contribution in [3.63, 3.8) is 0 Å². The van der Waals surface area contributed by atoms with Gasteiger partial charge in [-0.1, -0.05) is 54.6 Å². The van der Waals surface area contributed by atoms with Crippen molar-refractivity contribution in [2.24, 2.45) is 20.4 Å². The van der Waals surface area contributed by atoms with Crippen LogP contribution < -0.4 is 10.6 Å². The molecule has 0 unspecified atom stereocenters. The quantitative estimate of drug-likeness (QED) is 0.102. The number of benzene rings is 2. The Hall–Kier alpha value is -3.21. The number of nitrogens with one attached hydrogen (secondary N) is 2. The molecule has 0 spiro atoms. The van der Waals surface area contributed by atoms with Crippen LogP contribution in [-0.4, -0.2) is 53.4 Å². The first-order chi connectivity index (χ1) is 18.0. The van der Waals surface area contributed by atoms with Gasteiger partial charge in [-0.2, -0.15) is 39.5 Å². The van der Waals surface area contributed by atoms with E-state index in [1.807, 2.05) is 10.6 Å². The molecule has 2 rings (SSSR count). The van der Waals surface area contributed by atoms with Gasteiger partial charge in [0.15, 0.2) is 10.3 Å². The van der Waals surface area contributed by atoms with Gasteiger partial charge in [-0.15, -0.1) is 45.7 Å². The van der Waals surface area contributed by atoms with Gasteiger partial charge in [-0.25, -0.2) is 0 Å². The molecule has 0 aliphatic heterocycles. The first-order valence-corrected chi connectivity index (χ1v) is 11.4. The van der Waals surface area contributed by atoms with Crippen molar-refractivity contribution in [2.75, 3.05) is 13.1 Å². The topological polar surface area (TPSA) is 73.5 Å². The predicted octanol–water partition coefficient (Wildman–Crippen LogP) is 5.78. The molecule has 2 N–H and O–H groups in total. The molecule has 0 saturated carbocycles. The van der Waals surface area contributed by atoms with Gasteiger partial charge in [-0.3, -0.25) is 0 Å². The molecule has 0 aromatic heterocycles. The average molecular weight is 603 g/mol. The first-order valence-electron chi connectivity index (χ1n) is 10.5. The third kappa shape index (κ3) is 12.9. The fraction of sp³-hybridized carbons (Fsp3) is 0.273. The summed E-state index contributed by atoms with van der Waals surface area (Å²) in [6, 6.07) is 12.6. The van der Waals surface area contributed by atoms with Crippen LogP contribution in [0, 0.1) is 0 Å². The highest BCUT2D eigenvalue weighted by atomic mass is 32.1. The minimum Gasteiger partial charge on any atom is -0.354 e. The summed E-state index contributed by atoms with van der Waals surface area (Å²) in [4.78, 5) is 0. The van der Waals surface area contributed by atoms with E-state index in [9.17, 15) is 39.5 Å². The summed E-state index contributed by atoms with van der Waals surface area (Å²) in [5.41, 5.74) is -0.0269. The van der Waals surface area contributed by atoms with E-state index in [-0.39, 0.29) is 28.1 Å². The van der Waals surface area contributed by atoms with Gasteiger partial charge in [0.2, 0.25) is 0 Å². The highest BCUT2D eigenvalue weighted by molar-refractivity contribution is 7.97. The number of hydrogen-bond donors (Lipinski definition) is 4. The predicted molar refractivity (Wildman–Crippen MR) is 137 cm³/mol. The second-order valence-electron chi connectivity index (χ2n) is 7.54. The molecule has 212 valence electrons. The lowest BCUT2D eigenvalue weighted by Gasteiger charge is -2.12. The maximum absolute atomic E-state index is 12.8. The van der Waals surface area contributed by atoms with Crippen molar-refractivity contribution in [3.05, 3.63) is 71.3 Å². The van der Waals surface area contributed by atoms with Crippen LogP contribution in [0.5, 0.6) is 0 Å². The number of hydrogen-bond acceptors (Lipinski definition) is 4. The Morgan fingerprint density at radius 3 is 1.36 bits per heavy atom. The van der Waals surface area contributed by atoms with Gasteiger partial charge in [0.1, 0.15) is 24.5 Å². The Morgan fingerprint density at radius 1 is 0.564 bits per heavy atom. The highest BCUT2D eigenvalue weighted by Gasteiger charge is 2.29. The molecule has 0 amide bonds. The van der Waals surface area contributed by atoms with E-state index >= 15 is 0 Å². The van der Waals surface area contributed by atoms with Crippen LogP contribution in [-0.2, 0) is 6.42 Å². The third-order valence-electron chi connectivity index (χ3n) is 4.29. The number of amidine groups is 2. The molecule has 2 aromatic carbocycles. The van der Waals surface area contributed by atoms with Gasteiger partial charge in [0.25, 0.3) is 0 Å².